The Morgan fingerprint density at radius 1 is 1.05 bits per heavy atom. The van der Waals surface area contributed by atoms with E-state index in [1.165, 1.54) is 0 Å². The van der Waals surface area contributed by atoms with E-state index in [0.717, 1.165) is 18.2 Å². The quantitative estimate of drug-likeness (QED) is 0.832. The zero-order valence-corrected chi connectivity index (χ0v) is 11.6. The molecule has 0 saturated carbocycles. The van der Waals surface area contributed by atoms with Crippen molar-refractivity contribution in [3.8, 4) is 5.75 Å². The van der Waals surface area contributed by atoms with Crippen molar-refractivity contribution in [2.45, 2.75) is 6.10 Å². The highest BCUT2D eigenvalue weighted by atomic mass is 19.1. The maximum absolute atomic E-state index is 13.8. The molecule has 0 radical (unpaired) electrons. The van der Waals surface area contributed by atoms with Crippen molar-refractivity contribution in [3.63, 3.8) is 0 Å². The maximum atomic E-state index is 13.8. The zero-order chi connectivity index (χ0) is 15.2. The first-order valence-corrected chi connectivity index (χ1v) is 6.47. The maximum Gasteiger partial charge on any atom is 0.129 e. The molecule has 0 aliphatic carbocycles. The van der Waals surface area contributed by atoms with Gasteiger partial charge in [-0.3, -0.25) is 0 Å². The van der Waals surface area contributed by atoms with E-state index >= 15 is 0 Å². The van der Waals surface area contributed by atoms with Crippen molar-refractivity contribution in [2.75, 3.05) is 20.3 Å². The summed E-state index contributed by atoms with van der Waals surface area (Å²) in [5.74, 6) is -0.871. The van der Waals surface area contributed by atoms with E-state index < -0.39 is 17.7 Å². The van der Waals surface area contributed by atoms with E-state index in [2.05, 4.69) is 0 Å². The highest BCUT2D eigenvalue weighted by molar-refractivity contribution is 5.40. The van der Waals surface area contributed by atoms with E-state index in [1.54, 1.807) is 31.4 Å². The summed E-state index contributed by atoms with van der Waals surface area (Å²) in [7, 11) is 1.55. The van der Waals surface area contributed by atoms with Gasteiger partial charge in [0.2, 0.25) is 0 Å². The topological polar surface area (TPSA) is 38.7 Å². The molecule has 1 N–H and O–H groups in total. The minimum absolute atomic E-state index is 0.127. The molecular weight excluding hydrogens is 278 g/mol. The molecule has 1 atom stereocenters. The van der Waals surface area contributed by atoms with Gasteiger partial charge in [0.25, 0.3) is 0 Å². The molecule has 0 saturated heterocycles. The number of hydrogen-bond acceptors (Lipinski definition) is 3. The van der Waals surface area contributed by atoms with Crippen LogP contribution in [0.25, 0.3) is 0 Å². The molecule has 21 heavy (non-hydrogen) atoms. The van der Waals surface area contributed by atoms with Gasteiger partial charge >= 0.3 is 0 Å². The van der Waals surface area contributed by atoms with Crippen LogP contribution in [0.4, 0.5) is 8.78 Å². The van der Waals surface area contributed by atoms with Crippen LogP contribution in [-0.4, -0.2) is 25.4 Å². The standard InChI is InChI=1S/C16H16F2O3/c1-20-8-9-21-15-5-3-2-4-12(15)16(19)13-10-11(17)6-7-14(13)18/h2-7,10,16,19H,8-9H2,1H3. The molecule has 0 heterocycles. The summed E-state index contributed by atoms with van der Waals surface area (Å²) in [6.45, 7) is 0.685. The summed E-state index contributed by atoms with van der Waals surface area (Å²) in [4.78, 5) is 0. The second-order valence-electron chi connectivity index (χ2n) is 4.45. The van der Waals surface area contributed by atoms with Gasteiger partial charge in [-0.25, -0.2) is 8.78 Å². The monoisotopic (exact) mass is 294 g/mol. The lowest BCUT2D eigenvalue weighted by Gasteiger charge is -2.17. The lowest BCUT2D eigenvalue weighted by Crippen LogP contribution is -2.09. The summed E-state index contributed by atoms with van der Waals surface area (Å²) < 4.78 is 37.4. The summed E-state index contributed by atoms with van der Waals surface area (Å²) in [6.07, 6.45) is -1.31. The molecule has 2 rings (SSSR count). The Morgan fingerprint density at radius 3 is 2.57 bits per heavy atom. The van der Waals surface area contributed by atoms with Gasteiger partial charge in [0.05, 0.1) is 6.61 Å². The Morgan fingerprint density at radius 2 is 1.81 bits per heavy atom. The number of halogens is 2. The number of ether oxygens (including phenoxy) is 2. The van der Waals surface area contributed by atoms with Gasteiger partial charge in [-0.15, -0.1) is 0 Å². The molecule has 112 valence electrons. The summed E-state index contributed by atoms with van der Waals surface area (Å²) in [6, 6.07) is 9.67. The van der Waals surface area contributed by atoms with Crippen molar-refractivity contribution >= 4 is 0 Å². The average molecular weight is 294 g/mol. The fourth-order valence-electron chi connectivity index (χ4n) is 1.96. The van der Waals surface area contributed by atoms with E-state index in [4.69, 9.17) is 9.47 Å². The average Bonchev–Trinajstić information content (AvgIpc) is 2.50. The van der Waals surface area contributed by atoms with Crippen LogP contribution in [0.1, 0.15) is 17.2 Å². The van der Waals surface area contributed by atoms with E-state index in [-0.39, 0.29) is 5.56 Å². The van der Waals surface area contributed by atoms with Crippen LogP contribution < -0.4 is 4.74 Å². The molecule has 0 aliphatic rings. The van der Waals surface area contributed by atoms with Crippen molar-refractivity contribution in [1.29, 1.82) is 0 Å². The predicted molar refractivity (Wildman–Crippen MR) is 74.2 cm³/mol. The van der Waals surface area contributed by atoms with Crippen LogP contribution in [0.5, 0.6) is 5.75 Å². The number of rotatable bonds is 6. The van der Waals surface area contributed by atoms with Gasteiger partial charge in [-0.2, -0.15) is 0 Å². The summed E-state index contributed by atoms with van der Waals surface area (Å²) >= 11 is 0. The number of hydrogen-bond donors (Lipinski definition) is 1. The van der Waals surface area contributed by atoms with E-state index in [9.17, 15) is 13.9 Å². The Kier molecular flexibility index (Phi) is 5.25. The van der Waals surface area contributed by atoms with Gasteiger partial charge < -0.3 is 14.6 Å². The van der Waals surface area contributed by atoms with Crippen LogP contribution in [-0.2, 0) is 4.74 Å². The molecular formula is C16H16F2O3. The molecule has 2 aromatic carbocycles. The zero-order valence-electron chi connectivity index (χ0n) is 11.6. The van der Waals surface area contributed by atoms with Crippen molar-refractivity contribution in [1.82, 2.24) is 0 Å². The van der Waals surface area contributed by atoms with Crippen LogP contribution in [0.3, 0.4) is 0 Å². The van der Waals surface area contributed by atoms with Gasteiger partial charge in [0.1, 0.15) is 30.1 Å². The lowest BCUT2D eigenvalue weighted by molar-refractivity contribution is 0.142. The second kappa shape index (κ2) is 7.15. The fraction of sp³-hybridized carbons (Fsp3) is 0.250. The fourth-order valence-corrected chi connectivity index (χ4v) is 1.96. The van der Waals surface area contributed by atoms with Gasteiger partial charge in [0.15, 0.2) is 0 Å². The van der Waals surface area contributed by atoms with Crippen LogP contribution in [0.2, 0.25) is 0 Å². The molecule has 2 aromatic rings. The molecule has 0 bridgehead atoms. The van der Waals surface area contributed by atoms with Crippen molar-refractivity contribution in [2.24, 2.45) is 0 Å². The van der Waals surface area contributed by atoms with Crippen molar-refractivity contribution < 1.29 is 23.4 Å². The third-order valence-electron chi connectivity index (χ3n) is 3.01. The summed E-state index contributed by atoms with van der Waals surface area (Å²) in [5, 5.41) is 10.3. The molecule has 0 amide bonds. The highest BCUT2D eigenvalue weighted by Gasteiger charge is 2.19. The third-order valence-corrected chi connectivity index (χ3v) is 3.01. The third kappa shape index (κ3) is 3.77. The number of para-hydroxylation sites is 1. The van der Waals surface area contributed by atoms with E-state index in [1.807, 2.05) is 0 Å². The second-order valence-corrected chi connectivity index (χ2v) is 4.45. The van der Waals surface area contributed by atoms with Crippen molar-refractivity contribution in [3.05, 3.63) is 65.2 Å². The van der Waals surface area contributed by atoms with E-state index in [0.29, 0.717) is 24.5 Å². The molecule has 3 nitrogen and oxygen atoms in total. The first kappa shape index (κ1) is 15.4. The first-order valence-electron chi connectivity index (χ1n) is 6.47. The summed E-state index contributed by atoms with van der Waals surface area (Å²) in [5.41, 5.74) is 0.246. The first-order chi connectivity index (χ1) is 10.1. The minimum atomic E-state index is -1.31. The molecule has 5 heteroatoms. The Balaban J connectivity index is 2.30. The van der Waals surface area contributed by atoms with Crippen LogP contribution >= 0.6 is 0 Å². The van der Waals surface area contributed by atoms with Gasteiger partial charge in [-0.05, 0) is 24.3 Å². The van der Waals surface area contributed by atoms with Gasteiger partial charge in [0, 0.05) is 18.2 Å². The van der Waals surface area contributed by atoms with Gasteiger partial charge in [-0.1, -0.05) is 18.2 Å². The normalized spacial score (nSPS) is 12.2. The largest absolute Gasteiger partial charge is 0.491 e. The molecule has 0 aliphatic heterocycles. The highest BCUT2D eigenvalue weighted by Crippen LogP contribution is 2.31. The molecule has 0 aromatic heterocycles. The number of benzene rings is 2. The smallest absolute Gasteiger partial charge is 0.129 e. The lowest BCUT2D eigenvalue weighted by atomic mass is 10.00. The number of aliphatic hydroxyl groups excluding tert-OH is 1. The molecule has 0 fully saturated rings. The number of methoxy groups -OCH3 is 1. The Hall–Kier alpha value is -1.98. The molecule has 1 unspecified atom stereocenters. The predicted octanol–water partition coefficient (Wildman–Crippen LogP) is 3.07. The van der Waals surface area contributed by atoms with Crippen LogP contribution in [0, 0.1) is 11.6 Å². The Labute approximate surface area is 121 Å². The molecule has 0 spiro atoms. The number of aliphatic hydroxyl groups is 1. The SMILES string of the molecule is COCCOc1ccccc1C(O)c1cc(F)ccc1F. The Bertz CT molecular complexity index is 602. The van der Waals surface area contributed by atoms with Crippen LogP contribution in [0.15, 0.2) is 42.5 Å². The minimum Gasteiger partial charge on any atom is -0.491 e.